The summed E-state index contributed by atoms with van der Waals surface area (Å²) in [5.41, 5.74) is 1.06. The first-order valence-corrected chi connectivity index (χ1v) is 10.3. The Morgan fingerprint density at radius 1 is 1.17 bits per heavy atom. The quantitative estimate of drug-likeness (QED) is 0.803. The average molecular weight is 399 g/mol. The average Bonchev–Trinajstić information content (AvgIpc) is 3.46. The lowest BCUT2D eigenvalue weighted by molar-refractivity contribution is -0.133. The predicted molar refractivity (Wildman–Crippen MR) is 108 cm³/mol. The van der Waals surface area contributed by atoms with Crippen molar-refractivity contribution in [3.05, 3.63) is 35.9 Å². The molecule has 2 aliphatic rings. The van der Waals surface area contributed by atoms with E-state index in [9.17, 15) is 4.79 Å². The Bertz CT molecular complexity index is 818. The Morgan fingerprint density at radius 2 is 2.00 bits per heavy atom. The highest BCUT2D eigenvalue weighted by Crippen LogP contribution is 2.39. The standard InChI is InChI=1S/C21H29N5O3/c1-28-16-5-6-17(19(12-16)29-2)18-4-3-9-26(18)20(27)13-25-10-7-15(8-11-25)21-22-14-23-24-21/h5-6,12,14-15,18H,3-4,7-11,13H2,1-2H3,(H,22,23,24). The van der Waals surface area contributed by atoms with E-state index in [4.69, 9.17) is 9.47 Å². The number of aromatic amines is 1. The number of piperidine rings is 1. The molecule has 0 bridgehead atoms. The molecule has 2 aliphatic heterocycles. The van der Waals surface area contributed by atoms with Crippen LogP contribution >= 0.6 is 0 Å². The minimum Gasteiger partial charge on any atom is -0.497 e. The fourth-order valence-corrected chi connectivity index (χ4v) is 4.54. The van der Waals surface area contributed by atoms with Crippen molar-refractivity contribution in [2.45, 2.75) is 37.6 Å². The first-order valence-electron chi connectivity index (χ1n) is 10.3. The summed E-state index contributed by atoms with van der Waals surface area (Å²) in [6.07, 6.45) is 5.53. The molecule has 3 heterocycles. The van der Waals surface area contributed by atoms with E-state index in [1.807, 2.05) is 23.1 Å². The van der Waals surface area contributed by atoms with Crippen molar-refractivity contribution in [3.63, 3.8) is 0 Å². The first kappa shape index (κ1) is 19.7. The highest BCUT2D eigenvalue weighted by atomic mass is 16.5. The van der Waals surface area contributed by atoms with Gasteiger partial charge < -0.3 is 14.4 Å². The molecule has 1 aromatic heterocycles. The largest absolute Gasteiger partial charge is 0.497 e. The van der Waals surface area contributed by atoms with Gasteiger partial charge >= 0.3 is 0 Å². The number of nitrogens with one attached hydrogen (secondary N) is 1. The van der Waals surface area contributed by atoms with Gasteiger partial charge in [0.1, 0.15) is 23.7 Å². The molecular formula is C21H29N5O3. The molecule has 4 rings (SSSR count). The fraction of sp³-hybridized carbons (Fsp3) is 0.571. The van der Waals surface area contributed by atoms with Crippen molar-refractivity contribution in [1.29, 1.82) is 0 Å². The second kappa shape index (κ2) is 8.82. The molecule has 1 N–H and O–H groups in total. The van der Waals surface area contributed by atoms with Gasteiger partial charge in [0, 0.05) is 24.1 Å². The molecule has 8 heteroatoms. The highest BCUT2D eigenvalue weighted by Gasteiger charge is 2.33. The van der Waals surface area contributed by atoms with E-state index in [1.165, 1.54) is 0 Å². The van der Waals surface area contributed by atoms with Gasteiger partial charge in [0.2, 0.25) is 5.91 Å². The summed E-state index contributed by atoms with van der Waals surface area (Å²) in [6.45, 7) is 3.08. The van der Waals surface area contributed by atoms with Crippen molar-refractivity contribution in [2.24, 2.45) is 0 Å². The van der Waals surface area contributed by atoms with Crippen molar-refractivity contribution in [2.75, 3.05) is 40.4 Å². The summed E-state index contributed by atoms with van der Waals surface area (Å²) in [5.74, 6) is 3.11. The number of hydrogen-bond donors (Lipinski definition) is 1. The molecular weight excluding hydrogens is 370 g/mol. The van der Waals surface area contributed by atoms with E-state index in [0.29, 0.717) is 12.5 Å². The van der Waals surface area contributed by atoms with Gasteiger partial charge in [-0.25, -0.2) is 4.98 Å². The van der Waals surface area contributed by atoms with Crippen molar-refractivity contribution < 1.29 is 14.3 Å². The Labute approximate surface area is 171 Å². The van der Waals surface area contributed by atoms with Crippen molar-refractivity contribution in [3.8, 4) is 11.5 Å². The van der Waals surface area contributed by atoms with Gasteiger partial charge in [-0.2, -0.15) is 5.10 Å². The number of rotatable bonds is 6. The van der Waals surface area contributed by atoms with Gasteiger partial charge in [-0.3, -0.25) is 14.8 Å². The topological polar surface area (TPSA) is 83.6 Å². The number of benzene rings is 1. The lowest BCUT2D eigenvalue weighted by atomic mass is 9.96. The SMILES string of the molecule is COc1ccc(C2CCCN2C(=O)CN2CCC(c3ncn[nH]3)CC2)c(OC)c1. The van der Waals surface area contributed by atoms with Crippen LogP contribution in [0.2, 0.25) is 0 Å². The smallest absolute Gasteiger partial charge is 0.237 e. The number of nitrogens with zero attached hydrogens (tertiary/aromatic N) is 4. The maximum absolute atomic E-state index is 13.1. The molecule has 1 amide bonds. The van der Waals surface area contributed by atoms with E-state index < -0.39 is 0 Å². The van der Waals surface area contributed by atoms with Crippen LogP contribution < -0.4 is 9.47 Å². The van der Waals surface area contributed by atoms with E-state index in [1.54, 1.807) is 20.5 Å². The summed E-state index contributed by atoms with van der Waals surface area (Å²) < 4.78 is 10.9. The number of methoxy groups -OCH3 is 2. The normalized spacial score (nSPS) is 20.8. The van der Waals surface area contributed by atoms with Crippen LogP contribution in [0.15, 0.2) is 24.5 Å². The molecule has 1 aromatic carbocycles. The maximum Gasteiger partial charge on any atom is 0.237 e. The number of amides is 1. The predicted octanol–water partition coefficient (Wildman–Crippen LogP) is 2.37. The summed E-state index contributed by atoms with van der Waals surface area (Å²) >= 11 is 0. The Hall–Kier alpha value is -2.61. The highest BCUT2D eigenvalue weighted by molar-refractivity contribution is 5.79. The Morgan fingerprint density at radius 3 is 2.69 bits per heavy atom. The van der Waals surface area contributed by atoms with Crippen LogP contribution in [0.5, 0.6) is 11.5 Å². The van der Waals surface area contributed by atoms with Gasteiger partial charge in [0.25, 0.3) is 0 Å². The van der Waals surface area contributed by atoms with Gasteiger partial charge in [0.05, 0.1) is 26.8 Å². The lowest BCUT2D eigenvalue weighted by Crippen LogP contribution is -2.43. The number of carbonyl (C=O) groups excluding carboxylic acids is 1. The second-order valence-electron chi connectivity index (χ2n) is 7.77. The van der Waals surface area contributed by atoms with Crippen LogP contribution in [0.1, 0.15) is 49.0 Å². The van der Waals surface area contributed by atoms with Crippen LogP contribution in [0.3, 0.4) is 0 Å². The van der Waals surface area contributed by atoms with Crippen molar-refractivity contribution in [1.82, 2.24) is 25.0 Å². The Balaban J connectivity index is 1.38. The number of likely N-dealkylation sites (tertiary alicyclic amines) is 2. The number of aromatic nitrogens is 3. The zero-order valence-corrected chi connectivity index (χ0v) is 17.1. The molecule has 0 saturated carbocycles. The summed E-state index contributed by atoms with van der Waals surface area (Å²) in [6, 6.07) is 5.92. The van der Waals surface area contributed by atoms with Crippen LogP contribution in [0.4, 0.5) is 0 Å². The minimum atomic E-state index is 0.0649. The Kier molecular flexibility index (Phi) is 5.99. The zero-order chi connectivity index (χ0) is 20.2. The van der Waals surface area contributed by atoms with E-state index in [2.05, 4.69) is 20.1 Å². The number of ether oxygens (including phenoxy) is 2. The third-order valence-corrected chi connectivity index (χ3v) is 6.14. The first-order chi connectivity index (χ1) is 14.2. The van der Waals surface area contributed by atoms with Crippen molar-refractivity contribution >= 4 is 5.91 Å². The molecule has 1 unspecified atom stereocenters. The maximum atomic E-state index is 13.1. The molecule has 29 heavy (non-hydrogen) atoms. The molecule has 2 aromatic rings. The number of carbonyl (C=O) groups is 1. The number of H-pyrrole nitrogens is 1. The van der Waals surface area contributed by atoms with Crippen LogP contribution in [0.25, 0.3) is 0 Å². The molecule has 0 spiro atoms. The van der Waals surface area contributed by atoms with E-state index in [-0.39, 0.29) is 11.9 Å². The van der Waals surface area contributed by atoms with E-state index in [0.717, 1.165) is 68.2 Å². The van der Waals surface area contributed by atoms with E-state index >= 15 is 0 Å². The summed E-state index contributed by atoms with van der Waals surface area (Å²) in [7, 11) is 3.31. The lowest BCUT2D eigenvalue weighted by Gasteiger charge is -2.33. The zero-order valence-electron chi connectivity index (χ0n) is 17.1. The van der Waals surface area contributed by atoms with Gasteiger partial charge in [0.15, 0.2) is 0 Å². The third kappa shape index (κ3) is 4.22. The molecule has 0 radical (unpaired) electrons. The second-order valence-corrected chi connectivity index (χ2v) is 7.77. The molecule has 8 nitrogen and oxygen atoms in total. The van der Waals surface area contributed by atoms with Crippen LogP contribution in [0, 0.1) is 0 Å². The molecule has 2 fully saturated rings. The van der Waals surface area contributed by atoms with Crippen LogP contribution in [-0.4, -0.2) is 71.3 Å². The monoisotopic (exact) mass is 399 g/mol. The fourth-order valence-electron chi connectivity index (χ4n) is 4.54. The van der Waals surface area contributed by atoms with Gasteiger partial charge in [-0.1, -0.05) is 0 Å². The molecule has 156 valence electrons. The van der Waals surface area contributed by atoms with Gasteiger partial charge in [-0.15, -0.1) is 0 Å². The molecule has 0 aliphatic carbocycles. The van der Waals surface area contributed by atoms with Gasteiger partial charge in [-0.05, 0) is 50.9 Å². The summed E-state index contributed by atoms with van der Waals surface area (Å²) in [5, 5.41) is 6.93. The molecule has 2 saturated heterocycles. The van der Waals surface area contributed by atoms with Crippen LogP contribution in [-0.2, 0) is 4.79 Å². The third-order valence-electron chi connectivity index (χ3n) is 6.14. The summed E-state index contributed by atoms with van der Waals surface area (Å²) in [4.78, 5) is 21.7. The number of hydrogen-bond acceptors (Lipinski definition) is 6. The molecule has 1 atom stereocenters. The minimum absolute atomic E-state index is 0.0649.